The Morgan fingerprint density at radius 3 is 2.60 bits per heavy atom. The third-order valence-electron chi connectivity index (χ3n) is 3.19. The molecule has 0 aliphatic heterocycles. The van der Waals surface area contributed by atoms with Gasteiger partial charge in [-0.2, -0.15) is 0 Å². The SMILES string of the molecule is CC(N)C1(c2cc(Br)cc(F)c2Cl)CC1. The summed E-state index contributed by atoms with van der Waals surface area (Å²) in [6.07, 6.45) is 1.97. The molecular formula is C11H12BrClFN. The predicted molar refractivity (Wildman–Crippen MR) is 63.7 cm³/mol. The van der Waals surface area contributed by atoms with Gasteiger partial charge in [0.05, 0.1) is 5.02 Å². The van der Waals surface area contributed by atoms with Gasteiger partial charge >= 0.3 is 0 Å². The van der Waals surface area contributed by atoms with Gasteiger partial charge in [-0.3, -0.25) is 0 Å². The average molecular weight is 293 g/mol. The van der Waals surface area contributed by atoms with Crippen molar-refractivity contribution >= 4 is 27.5 Å². The Morgan fingerprint density at radius 1 is 1.53 bits per heavy atom. The fourth-order valence-electron chi connectivity index (χ4n) is 2.02. The molecule has 0 saturated heterocycles. The van der Waals surface area contributed by atoms with Crippen LogP contribution in [0.1, 0.15) is 25.3 Å². The Balaban J connectivity index is 2.53. The Hall–Kier alpha value is -0.120. The van der Waals surface area contributed by atoms with Crippen molar-refractivity contribution in [1.82, 2.24) is 0 Å². The van der Waals surface area contributed by atoms with Crippen molar-refractivity contribution in [2.75, 3.05) is 0 Å². The van der Waals surface area contributed by atoms with Crippen LogP contribution in [0.15, 0.2) is 16.6 Å². The first-order valence-electron chi connectivity index (χ1n) is 4.88. The lowest BCUT2D eigenvalue weighted by Crippen LogP contribution is -2.32. The molecule has 0 amide bonds. The molecule has 1 unspecified atom stereocenters. The van der Waals surface area contributed by atoms with E-state index in [0.717, 1.165) is 18.4 Å². The maximum absolute atomic E-state index is 13.5. The van der Waals surface area contributed by atoms with Crippen LogP contribution in [-0.2, 0) is 5.41 Å². The molecular weight excluding hydrogens is 280 g/mol. The quantitative estimate of drug-likeness (QED) is 0.828. The molecule has 0 aromatic heterocycles. The Morgan fingerprint density at radius 2 is 2.13 bits per heavy atom. The smallest absolute Gasteiger partial charge is 0.143 e. The van der Waals surface area contributed by atoms with E-state index in [1.54, 1.807) is 0 Å². The van der Waals surface area contributed by atoms with Crippen LogP contribution in [0.25, 0.3) is 0 Å². The van der Waals surface area contributed by atoms with E-state index < -0.39 is 0 Å². The highest BCUT2D eigenvalue weighted by atomic mass is 79.9. The molecule has 4 heteroatoms. The molecule has 0 heterocycles. The molecule has 1 aromatic carbocycles. The Kier molecular flexibility index (Phi) is 2.82. The third-order valence-corrected chi connectivity index (χ3v) is 4.03. The van der Waals surface area contributed by atoms with Gasteiger partial charge in [0.1, 0.15) is 5.82 Å². The first-order valence-corrected chi connectivity index (χ1v) is 6.05. The number of hydrogen-bond acceptors (Lipinski definition) is 1. The van der Waals surface area contributed by atoms with Crippen molar-refractivity contribution in [3.05, 3.63) is 33.0 Å². The average Bonchev–Trinajstić information content (AvgIpc) is 2.91. The van der Waals surface area contributed by atoms with E-state index >= 15 is 0 Å². The fraction of sp³-hybridized carbons (Fsp3) is 0.455. The summed E-state index contributed by atoms with van der Waals surface area (Å²) in [5, 5.41) is 0.216. The van der Waals surface area contributed by atoms with Crippen molar-refractivity contribution in [1.29, 1.82) is 0 Å². The standard InChI is InChI=1S/C11H12BrClFN/c1-6(15)11(2-3-11)8-4-7(12)5-9(14)10(8)13/h4-6H,2-3,15H2,1H3. The molecule has 0 bridgehead atoms. The van der Waals surface area contributed by atoms with E-state index in [4.69, 9.17) is 17.3 Å². The van der Waals surface area contributed by atoms with Crippen LogP contribution >= 0.6 is 27.5 Å². The largest absolute Gasteiger partial charge is 0.327 e. The molecule has 1 nitrogen and oxygen atoms in total. The number of rotatable bonds is 2. The maximum Gasteiger partial charge on any atom is 0.143 e. The summed E-state index contributed by atoms with van der Waals surface area (Å²) in [5.74, 6) is -0.382. The van der Waals surface area contributed by atoms with Crippen LogP contribution in [0, 0.1) is 5.82 Å². The third kappa shape index (κ3) is 1.81. The first-order chi connectivity index (χ1) is 6.97. The summed E-state index contributed by atoms with van der Waals surface area (Å²) < 4.78 is 14.2. The van der Waals surface area contributed by atoms with Crippen molar-refractivity contribution in [3.63, 3.8) is 0 Å². The minimum Gasteiger partial charge on any atom is -0.327 e. The van der Waals surface area contributed by atoms with E-state index in [2.05, 4.69) is 15.9 Å². The molecule has 1 aromatic rings. The Bertz CT molecular complexity index is 402. The molecule has 1 fully saturated rings. The van der Waals surface area contributed by atoms with Gasteiger partial charge in [0.2, 0.25) is 0 Å². The monoisotopic (exact) mass is 291 g/mol. The van der Waals surface area contributed by atoms with Gasteiger partial charge in [0.15, 0.2) is 0 Å². The summed E-state index contributed by atoms with van der Waals surface area (Å²) in [7, 11) is 0. The first kappa shape index (κ1) is 11.4. The summed E-state index contributed by atoms with van der Waals surface area (Å²) in [4.78, 5) is 0. The molecule has 82 valence electrons. The summed E-state index contributed by atoms with van der Waals surface area (Å²) in [5.41, 5.74) is 6.67. The number of benzene rings is 1. The van der Waals surface area contributed by atoms with Crippen molar-refractivity contribution in [2.24, 2.45) is 5.73 Å². The molecule has 1 saturated carbocycles. The summed E-state index contributed by atoms with van der Waals surface area (Å²) >= 11 is 9.26. The normalized spacial score (nSPS) is 20.1. The van der Waals surface area contributed by atoms with E-state index in [9.17, 15) is 4.39 Å². The van der Waals surface area contributed by atoms with Crippen LogP contribution in [-0.4, -0.2) is 6.04 Å². The van der Waals surface area contributed by atoms with E-state index in [-0.39, 0.29) is 22.3 Å². The minimum absolute atomic E-state index is 0.00343. The molecule has 2 rings (SSSR count). The highest BCUT2D eigenvalue weighted by Crippen LogP contribution is 2.53. The predicted octanol–water partition coefficient (Wildman–Crippen LogP) is 3.62. The van der Waals surface area contributed by atoms with Crippen LogP contribution < -0.4 is 5.73 Å². The molecule has 15 heavy (non-hydrogen) atoms. The zero-order chi connectivity index (χ0) is 11.2. The highest BCUT2D eigenvalue weighted by molar-refractivity contribution is 9.10. The van der Waals surface area contributed by atoms with Gasteiger partial charge in [-0.05, 0) is 37.5 Å². The van der Waals surface area contributed by atoms with E-state index in [1.807, 2.05) is 13.0 Å². The van der Waals surface area contributed by atoms with Crippen molar-refractivity contribution < 1.29 is 4.39 Å². The highest BCUT2D eigenvalue weighted by Gasteiger charge is 2.49. The Labute approximate surface area is 102 Å². The summed E-state index contributed by atoms with van der Waals surface area (Å²) in [6.45, 7) is 1.95. The van der Waals surface area contributed by atoms with Crippen molar-refractivity contribution in [3.8, 4) is 0 Å². The zero-order valence-corrected chi connectivity index (χ0v) is 10.7. The van der Waals surface area contributed by atoms with E-state index in [1.165, 1.54) is 6.07 Å². The van der Waals surface area contributed by atoms with Crippen LogP contribution in [0.2, 0.25) is 5.02 Å². The lowest BCUT2D eigenvalue weighted by atomic mass is 9.89. The second-order valence-electron chi connectivity index (χ2n) is 4.19. The van der Waals surface area contributed by atoms with Crippen molar-refractivity contribution in [2.45, 2.75) is 31.2 Å². The molecule has 1 atom stereocenters. The van der Waals surface area contributed by atoms with Gasteiger partial charge in [0, 0.05) is 15.9 Å². The topological polar surface area (TPSA) is 26.0 Å². The minimum atomic E-state index is -0.382. The van der Waals surface area contributed by atoms with E-state index in [0.29, 0.717) is 4.47 Å². The maximum atomic E-state index is 13.5. The fourth-order valence-corrected chi connectivity index (χ4v) is 2.75. The van der Waals surface area contributed by atoms with Gasteiger partial charge in [-0.25, -0.2) is 4.39 Å². The molecule has 2 N–H and O–H groups in total. The van der Waals surface area contributed by atoms with Gasteiger partial charge in [0.25, 0.3) is 0 Å². The molecule has 0 radical (unpaired) electrons. The lowest BCUT2D eigenvalue weighted by Gasteiger charge is -2.21. The molecule has 1 aliphatic rings. The summed E-state index contributed by atoms with van der Waals surface area (Å²) in [6, 6.07) is 3.26. The number of hydrogen-bond donors (Lipinski definition) is 1. The zero-order valence-electron chi connectivity index (χ0n) is 8.36. The number of nitrogens with two attached hydrogens (primary N) is 1. The lowest BCUT2D eigenvalue weighted by molar-refractivity contribution is 0.548. The van der Waals surface area contributed by atoms with Crippen LogP contribution in [0.5, 0.6) is 0 Å². The van der Waals surface area contributed by atoms with Gasteiger partial charge in [-0.1, -0.05) is 27.5 Å². The number of halogens is 3. The van der Waals surface area contributed by atoms with Gasteiger partial charge in [-0.15, -0.1) is 0 Å². The second-order valence-corrected chi connectivity index (χ2v) is 5.49. The van der Waals surface area contributed by atoms with Crippen LogP contribution in [0.3, 0.4) is 0 Å². The van der Waals surface area contributed by atoms with Gasteiger partial charge < -0.3 is 5.73 Å². The second kappa shape index (κ2) is 3.72. The molecule has 1 aliphatic carbocycles. The van der Waals surface area contributed by atoms with Crippen LogP contribution in [0.4, 0.5) is 4.39 Å². The molecule has 0 spiro atoms.